The molecule has 0 bridgehead atoms. The number of unbranched alkanes of at least 4 members (excludes halogenated alkanes) is 3. The Labute approximate surface area is 174 Å². The van der Waals surface area contributed by atoms with Gasteiger partial charge >= 0.3 is 12.1 Å². The molecule has 1 aliphatic rings. The average molecular weight is 429 g/mol. The molecule has 0 saturated carbocycles. The van der Waals surface area contributed by atoms with E-state index in [-0.39, 0.29) is 24.8 Å². The van der Waals surface area contributed by atoms with E-state index in [1.54, 1.807) is 6.07 Å². The molecule has 5 nitrogen and oxygen atoms in total. The summed E-state index contributed by atoms with van der Waals surface area (Å²) < 4.78 is 38.5. The Morgan fingerprint density at radius 3 is 2.63 bits per heavy atom. The van der Waals surface area contributed by atoms with Crippen LogP contribution in [0.1, 0.15) is 68.9 Å². The van der Waals surface area contributed by atoms with Gasteiger partial charge in [0.1, 0.15) is 0 Å². The van der Waals surface area contributed by atoms with E-state index in [0.29, 0.717) is 37.8 Å². The maximum absolute atomic E-state index is 12.8. The fraction of sp³-hybridized carbons (Fsp3) is 0.636. The number of carboxylic acids is 1. The van der Waals surface area contributed by atoms with E-state index in [0.717, 1.165) is 37.8 Å². The minimum Gasteiger partial charge on any atom is -0.481 e. The van der Waals surface area contributed by atoms with E-state index in [1.165, 1.54) is 6.07 Å². The van der Waals surface area contributed by atoms with Crippen molar-refractivity contribution < 1.29 is 33.0 Å². The van der Waals surface area contributed by atoms with Crippen LogP contribution in [0.5, 0.6) is 0 Å². The number of nitrogens with zero attached hydrogens (tertiary/aromatic N) is 1. The molecule has 0 spiro atoms. The summed E-state index contributed by atoms with van der Waals surface area (Å²) in [5, 5.41) is 18.9. The minimum atomic E-state index is -4.40. The van der Waals surface area contributed by atoms with Gasteiger partial charge in [-0.2, -0.15) is 13.2 Å². The monoisotopic (exact) mass is 429 g/mol. The molecule has 0 radical (unpaired) electrons. The van der Waals surface area contributed by atoms with Gasteiger partial charge in [-0.05, 0) is 50.2 Å². The van der Waals surface area contributed by atoms with E-state index in [9.17, 15) is 27.9 Å². The highest BCUT2D eigenvalue weighted by atomic mass is 19.4. The van der Waals surface area contributed by atoms with Gasteiger partial charge in [0.25, 0.3) is 0 Å². The number of carbonyl (C=O) groups excluding carboxylic acids is 1. The molecule has 0 aliphatic carbocycles. The number of aliphatic carboxylic acids is 1. The summed E-state index contributed by atoms with van der Waals surface area (Å²) in [6.45, 7) is 0.625. The Morgan fingerprint density at radius 1 is 1.20 bits per heavy atom. The Hall–Kier alpha value is -2.09. The second-order valence-corrected chi connectivity index (χ2v) is 7.97. The lowest BCUT2D eigenvalue weighted by Crippen LogP contribution is -2.34. The summed E-state index contributed by atoms with van der Waals surface area (Å²) in [4.78, 5) is 24.5. The van der Waals surface area contributed by atoms with Gasteiger partial charge in [-0.1, -0.05) is 31.0 Å². The number of hydrogen-bond donors (Lipinski definition) is 2. The smallest absolute Gasteiger partial charge is 0.416 e. The molecule has 1 aliphatic heterocycles. The van der Waals surface area contributed by atoms with Crippen LogP contribution in [0.15, 0.2) is 24.3 Å². The zero-order valence-corrected chi connectivity index (χ0v) is 17.0. The number of carbonyl (C=O) groups is 2. The molecular formula is C22H30F3NO4. The van der Waals surface area contributed by atoms with Crippen LogP contribution in [0.2, 0.25) is 0 Å². The van der Waals surface area contributed by atoms with Crippen LogP contribution >= 0.6 is 0 Å². The SMILES string of the molecule is O=C(O)CCCCCCN1C(=O)CCC1CCC(O)Cc1cccc(C(F)(F)F)c1. The summed E-state index contributed by atoms with van der Waals surface area (Å²) in [5.74, 6) is -0.702. The Balaban J connectivity index is 1.75. The van der Waals surface area contributed by atoms with Crippen LogP contribution in [0.25, 0.3) is 0 Å². The summed E-state index contributed by atoms with van der Waals surface area (Å²) in [6.07, 6.45) is 0.514. The molecular weight excluding hydrogens is 399 g/mol. The number of benzene rings is 1. The lowest BCUT2D eigenvalue weighted by molar-refractivity contribution is -0.138. The van der Waals surface area contributed by atoms with Crippen molar-refractivity contribution in [1.82, 2.24) is 4.90 Å². The number of hydrogen-bond acceptors (Lipinski definition) is 3. The van der Waals surface area contributed by atoms with Gasteiger partial charge in [0.2, 0.25) is 5.91 Å². The van der Waals surface area contributed by atoms with Crippen LogP contribution in [-0.4, -0.2) is 45.7 Å². The molecule has 2 atom stereocenters. The van der Waals surface area contributed by atoms with Crippen LogP contribution < -0.4 is 0 Å². The second-order valence-electron chi connectivity index (χ2n) is 7.97. The first kappa shape index (κ1) is 24.2. The molecule has 1 amide bonds. The number of alkyl halides is 3. The number of rotatable bonds is 12. The van der Waals surface area contributed by atoms with Crippen molar-refractivity contribution in [3.05, 3.63) is 35.4 Å². The molecule has 2 unspecified atom stereocenters. The van der Waals surface area contributed by atoms with E-state index >= 15 is 0 Å². The highest BCUT2D eigenvalue weighted by Crippen LogP contribution is 2.30. The quantitative estimate of drug-likeness (QED) is 0.483. The first-order valence-corrected chi connectivity index (χ1v) is 10.5. The van der Waals surface area contributed by atoms with Crippen LogP contribution in [0.4, 0.5) is 13.2 Å². The van der Waals surface area contributed by atoms with Crippen molar-refractivity contribution in [2.75, 3.05) is 6.54 Å². The lowest BCUT2D eigenvalue weighted by atomic mass is 9.99. The number of carboxylic acid groups (broad SMARTS) is 1. The summed E-state index contributed by atoms with van der Waals surface area (Å²) in [5.41, 5.74) is -0.277. The zero-order valence-electron chi connectivity index (χ0n) is 17.0. The normalized spacial score (nSPS) is 18.1. The molecule has 1 heterocycles. The molecule has 168 valence electrons. The van der Waals surface area contributed by atoms with Crippen molar-refractivity contribution in [1.29, 1.82) is 0 Å². The third-order valence-electron chi connectivity index (χ3n) is 5.55. The van der Waals surface area contributed by atoms with E-state index < -0.39 is 23.8 Å². The van der Waals surface area contributed by atoms with E-state index in [2.05, 4.69) is 0 Å². The van der Waals surface area contributed by atoms with Crippen LogP contribution in [0.3, 0.4) is 0 Å². The minimum absolute atomic E-state index is 0.0488. The zero-order chi connectivity index (χ0) is 22.1. The average Bonchev–Trinajstić information content (AvgIpc) is 3.02. The largest absolute Gasteiger partial charge is 0.481 e. The highest BCUT2D eigenvalue weighted by molar-refractivity contribution is 5.78. The van der Waals surface area contributed by atoms with E-state index in [1.807, 2.05) is 4.90 Å². The van der Waals surface area contributed by atoms with Gasteiger partial charge in [0.05, 0.1) is 11.7 Å². The number of amides is 1. The number of aliphatic hydroxyl groups excluding tert-OH is 1. The lowest BCUT2D eigenvalue weighted by Gasteiger charge is -2.26. The van der Waals surface area contributed by atoms with Crippen LogP contribution in [0, 0.1) is 0 Å². The maximum atomic E-state index is 12.8. The summed E-state index contributed by atoms with van der Waals surface area (Å²) >= 11 is 0. The third kappa shape index (κ3) is 7.97. The highest BCUT2D eigenvalue weighted by Gasteiger charge is 2.31. The molecule has 1 aromatic rings. The first-order valence-electron chi connectivity index (χ1n) is 10.5. The molecule has 2 N–H and O–H groups in total. The topological polar surface area (TPSA) is 77.8 Å². The predicted octanol–water partition coefficient (Wildman–Crippen LogP) is 4.42. The fourth-order valence-corrected chi connectivity index (χ4v) is 3.95. The Morgan fingerprint density at radius 2 is 1.93 bits per heavy atom. The fourth-order valence-electron chi connectivity index (χ4n) is 3.95. The molecule has 30 heavy (non-hydrogen) atoms. The molecule has 1 aromatic carbocycles. The molecule has 1 fully saturated rings. The van der Waals surface area contributed by atoms with Gasteiger partial charge in [-0.15, -0.1) is 0 Å². The maximum Gasteiger partial charge on any atom is 0.416 e. The Bertz CT molecular complexity index is 708. The molecule has 1 saturated heterocycles. The van der Waals surface area contributed by atoms with Gasteiger partial charge in [0, 0.05) is 25.4 Å². The van der Waals surface area contributed by atoms with Crippen molar-refractivity contribution in [3.63, 3.8) is 0 Å². The number of aliphatic hydroxyl groups is 1. The molecule has 0 aromatic heterocycles. The Kier molecular flexibility index (Phi) is 9.14. The standard InChI is InChI=1S/C22H30F3NO4/c23-22(24,25)17-7-5-6-16(14-17)15-19(27)11-9-18-10-12-20(28)26(18)13-4-2-1-3-8-21(29)30/h5-7,14,18-19,27H,1-4,8-13,15H2,(H,29,30). The van der Waals surface area contributed by atoms with Crippen molar-refractivity contribution in [2.45, 2.75) is 82.5 Å². The second kappa shape index (κ2) is 11.3. The van der Waals surface area contributed by atoms with Crippen LogP contribution in [-0.2, 0) is 22.2 Å². The van der Waals surface area contributed by atoms with Crippen molar-refractivity contribution >= 4 is 11.9 Å². The van der Waals surface area contributed by atoms with Crippen molar-refractivity contribution in [3.8, 4) is 0 Å². The van der Waals surface area contributed by atoms with E-state index in [4.69, 9.17) is 5.11 Å². The van der Waals surface area contributed by atoms with Crippen molar-refractivity contribution in [2.24, 2.45) is 0 Å². The van der Waals surface area contributed by atoms with Gasteiger partial charge < -0.3 is 15.1 Å². The summed E-state index contributed by atoms with van der Waals surface area (Å²) in [7, 11) is 0. The first-order chi connectivity index (χ1) is 14.2. The van der Waals surface area contributed by atoms with Gasteiger partial charge in [-0.3, -0.25) is 9.59 Å². The molecule has 8 heteroatoms. The van der Waals surface area contributed by atoms with Gasteiger partial charge in [0.15, 0.2) is 0 Å². The van der Waals surface area contributed by atoms with Gasteiger partial charge in [-0.25, -0.2) is 0 Å². The predicted molar refractivity (Wildman–Crippen MR) is 106 cm³/mol. The molecule has 2 rings (SSSR count). The number of halogens is 3. The third-order valence-corrected chi connectivity index (χ3v) is 5.55. The summed E-state index contributed by atoms with van der Waals surface area (Å²) in [6, 6.07) is 5.05. The number of likely N-dealkylation sites (tertiary alicyclic amines) is 1.